The average Bonchev–Trinajstić information content (AvgIpc) is 2.86. The zero-order chi connectivity index (χ0) is 23.8. The summed E-state index contributed by atoms with van der Waals surface area (Å²) in [5.41, 5.74) is 2.66. The predicted octanol–water partition coefficient (Wildman–Crippen LogP) is 5.20. The fourth-order valence-electron chi connectivity index (χ4n) is 3.94. The summed E-state index contributed by atoms with van der Waals surface area (Å²) < 4.78 is 11.3. The van der Waals surface area contributed by atoms with E-state index < -0.39 is 11.8 Å². The number of carbonyl (C=O) groups is 1. The quantitative estimate of drug-likeness (QED) is 0.257. The van der Waals surface area contributed by atoms with Crippen LogP contribution < -0.4 is 0 Å². The van der Waals surface area contributed by atoms with E-state index in [4.69, 9.17) is 9.47 Å². The molecular formula is C26H32N2O4S. The van der Waals surface area contributed by atoms with Crippen LogP contribution in [0, 0.1) is 4.91 Å². The van der Waals surface area contributed by atoms with Gasteiger partial charge in [-0.05, 0) is 60.2 Å². The lowest BCUT2D eigenvalue weighted by molar-refractivity contribution is -0.00438. The molecule has 1 aliphatic rings. The number of ether oxygens (including phenoxy) is 2. The van der Waals surface area contributed by atoms with Crippen LogP contribution in [0.5, 0.6) is 0 Å². The number of ketones is 1. The van der Waals surface area contributed by atoms with Crippen molar-refractivity contribution in [1.29, 1.82) is 0 Å². The smallest absolute Gasteiger partial charge is 0.193 e. The van der Waals surface area contributed by atoms with Crippen molar-refractivity contribution in [2.75, 3.05) is 32.6 Å². The van der Waals surface area contributed by atoms with Gasteiger partial charge < -0.3 is 9.47 Å². The Kier molecular flexibility index (Phi) is 8.97. The van der Waals surface area contributed by atoms with Crippen molar-refractivity contribution < 1.29 is 14.3 Å². The van der Waals surface area contributed by atoms with Crippen molar-refractivity contribution in [2.24, 2.45) is 5.18 Å². The lowest BCUT2D eigenvalue weighted by Crippen LogP contribution is -2.54. The van der Waals surface area contributed by atoms with Gasteiger partial charge in [-0.15, -0.1) is 16.7 Å². The average molecular weight is 469 g/mol. The van der Waals surface area contributed by atoms with Gasteiger partial charge >= 0.3 is 0 Å². The molecule has 0 N–H and O–H groups in total. The van der Waals surface area contributed by atoms with E-state index in [0.29, 0.717) is 31.9 Å². The molecule has 0 aliphatic carbocycles. The Morgan fingerprint density at radius 3 is 2.55 bits per heavy atom. The molecule has 0 bridgehead atoms. The normalized spacial score (nSPS) is 15.7. The Labute approximate surface area is 200 Å². The number of hydrogen-bond acceptors (Lipinski definition) is 7. The molecule has 1 atom stereocenters. The minimum atomic E-state index is -0.890. The Hall–Kier alpha value is -2.32. The standard InChI is InChI=1S/C26H32N2O4S/c1-5-19-6-8-20(9-7-19)18-32-24(27-30)17-21-16-22(33-4)10-11-23(21)25(29)26(2,3)28-12-14-31-15-13-28/h5-11,16,24H,1,12-15,17-18H2,2-4H3. The summed E-state index contributed by atoms with van der Waals surface area (Å²) in [5, 5.41) is 3.21. The molecule has 1 saturated heterocycles. The van der Waals surface area contributed by atoms with Crippen LogP contribution in [0.4, 0.5) is 0 Å². The first-order chi connectivity index (χ1) is 15.9. The third kappa shape index (κ3) is 6.38. The van der Waals surface area contributed by atoms with Gasteiger partial charge in [0, 0.05) is 30.0 Å². The minimum Gasteiger partial charge on any atom is -0.379 e. The van der Waals surface area contributed by atoms with Gasteiger partial charge in [-0.25, -0.2) is 0 Å². The van der Waals surface area contributed by atoms with Crippen molar-refractivity contribution in [1.82, 2.24) is 4.90 Å². The highest BCUT2D eigenvalue weighted by molar-refractivity contribution is 7.98. The monoisotopic (exact) mass is 468 g/mol. The van der Waals surface area contributed by atoms with E-state index in [-0.39, 0.29) is 18.8 Å². The van der Waals surface area contributed by atoms with Crippen molar-refractivity contribution in [3.05, 3.63) is 76.2 Å². The molecule has 0 spiro atoms. The maximum atomic E-state index is 13.6. The first-order valence-electron chi connectivity index (χ1n) is 11.1. The molecule has 2 aromatic rings. The van der Waals surface area contributed by atoms with E-state index in [1.54, 1.807) is 17.8 Å². The summed E-state index contributed by atoms with van der Waals surface area (Å²) >= 11 is 1.59. The summed E-state index contributed by atoms with van der Waals surface area (Å²) in [5.74, 6) is 0.0247. The third-order valence-electron chi connectivity index (χ3n) is 6.08. The molecule has 176 valence electrons. The van der Waals surface area contributed by atoms with Crippen LogP contribution in [0.15, 0.2) is 59.1 Å². The highest BCUT2D eigenvalue weighted by atomic mass is 32.2. The number of Topliss-reactive ketones (excluding diaryl/α,β-unsaturated/α-hetero) is 1. The van der Waals surface area contributed by atoms with Crippen LogP contribution in [0.2, 0.25) is 0 Å². The molecular weight excluding hydrogens is 436 g/mol. The summed E-state index contributed by atoms with van der Waals surface area (Å²) in [6, 6.07) is 13.5. The topological polar surface area (TPSA) is 68.2 Å². The van der Waals surface area contributed by atoms with Gasteiger partial charge in [-0.1, -0.05) is 36.9 Å². The number of benzene rings is 2. The number of morpholine rings is 1. The second-order valence-corrected chi connectivity index (χ2v) is 9.41. The second-order valence-electron chi connectivity index (χ2n) is 8.53. The Morgan fingerprint density at radius 1 is 1.24 bits per heavy atom. The number of rotatable bonds is 11. The molecule has 7 heteroatoms. The molecule has 1 aliphatic heterocycles. The van der Waals surface area contributed by atoms with Gasteiger partial charge in [0.1, 0.15) is 0 Å². The molecule has 0 amide bonds. The molecule has 1 unspecified atom stereocenters. The number of thioether (sulfide) groups is 1. The Balaban J connectivity index is 1.79. The molecule has 33 heavy (non-hydrogen) atoms. The van der Waals surface area contributed by atoms with Crippen LogP contribution in [0.25, 0.3) is 6.08 Å². The van der Waals surface area contributed by atoms with Crippen LogP contribution in [0.3, 0.4) is 0 Å². The molecule has 3 rings (SSSR count). The number of carbonyl (C=O) groups excluding carboxylic acids is 1. The van der Waals surface area contributed by atoms with Crippen molar-refractivity contribution in [2.45, 2.75) is 43.5 Å². The number of hydrogen-bond donors (Lipinski definition) is 0. The van der Waals surface area contributed by atoms with Crippen LogP contribution in [-0.2, 0) is 22.5 Å². The van der Waals surface area contributed by atoms with Crippen molar-refractivity contribution in [3.63, 3.8) is 0 Å². The van der Waals surface area contributed by atoms with Crippen LogP contribution in [0.1, 0.15) is 40.9 Å². The van der Waals surface area contributed by atoms with E-state index >= 15 is 0 Å². The first kappa shape index (κ1) is 25.3. The van der Waals surface area contributed by atoms with E-state index in [1.807, 2.05) is 62.6 Å². The molecule has 1 fully saturated rings. The Morgan fingerprint density at radius 2 is 1.94 bits per heavy atom. The fourth-order valence-corrected chi connectivity index (χ4v) is 4.40. The first-order valence-corrected chi connectivity index (χ1v) is 12.3. The molecule has 0 saturated carbocycles. The Bertz CT molecular complexity index is 969. The summed E-state index contributed by atoms with van der Waals surface area (Å²) in [6.45, 7) is 10.6. The summed E-state index contributed by atoms with van der Waals surface area (Å²) in [6.07, 6.45) is 3.11. The highest BCUT2D eigenvalue weighted by Crippen LogP contribution is 2.28. The minimum absolute atomic E-state index is 0.0247. The summed E-state index contributed by atoms with van der Waals surface area (Å²) in [4.78, 5) is 28.4. The maximum Gasteiger partial charge on any atom is 0.193 e. The third-order valence-corrected chi connectivity index (χ3v) is 6.81. The van der Waals surface area contributed by atoms with Gasteiger partial charge in [-0.2, -0.15) is 0 Å². The fraction of sp³-hybridized carbons (Fsp3) is 0.423. The lowest BCUT2D eigenvalue weighted by atomic mass is 9.87. The number of nitroso groups, excluding NO2 is 1. The van der Waals surface area contributed by atoms with E-state index in [1.165, 1.54) is 0 Å². The van der Waals surface area contributed by atoms with Crippen molar-refractivity contribution in [3.8, 4) is 0 Å². The van der Waals surface area contributed by atoms with E-state index in [0.717, 1.165) is 21.6 Å². The van der Waals surface area contributed by atoms with Gasteiger partial charge in [0.15, 0.2) is 12.0 Å². The highest BCUT2D eigenvalue weighted by Gasteiger charge is 2.37. The summed E-state index contributed by atoms with van der Waals surface area (Å²) in [7, 11) is 0. The van der Waals surface area contributed by atoms with Gasteiger partial charge in [-0.3, -0.25) is 9.69 Å². The zero-order valence-corrected chi connectivity index (χ0v) is 20.4. The van der Waals surface area contributed by atoms with Gasteiger partial charge in [0.2, 0.25) is 0 Å². The van der Waals surface area contributed by atoms with Gasteiger partial charge in [0.05, 0.1) is 25.4 Å². The zero-order valence-electron chi connectivity index (χ0n) is 19.6. The molecule has 0 radical (unpaired) electrons. The largest absolute Gasteiger partial charge is 0.379 e. The maximum absolute atomic E-state index is 13.6. The van der Waals surface area contributed by atoms with Gasteiger partial charge in [0.25, 0.3) is 0 Å². The molecule has 2 aromatic carbocycles. The van der Waals surface area contributed by atoms with Crippen molar-refractivity contribution >= 4 is 23.6 Å². The van der Waals surface area contributed by atoms with E-state index in [2.05, 4.69) is 16.7 Å². The predicted molar refractivity (Wildman–Crippen MR) is 134 cm³/mol. The van der Waals surface area contributed by atoms with E-state index in [9.17, 15) is 9.70 Å². The lowest BCUT2D eigenvalue weighted by Gasteiger charge is -2.40. The van der Waals surface area contributed by atoms with Crippen LogP contribution >= 0.6 is 11.8 Å². The number of nitrogens with zero attached hydrogens (tertiary/aromatic N) is 2. The SMILES string of the molecule is C=Cc1ccc(COC(Cc2cc(SC)ccc2C(=O)C(C)(C)N2CCOCC2)N=O)cc1. The second kappa shape index (κ2) is 11.7. The molecule has 6 nitrogen and oxygen atoms in total. The van der Waals surface area contributed by atoms with Crippen LogP contribution in [-0.4, -0.2) is 55.0 Å². The molecule has 0 aromatic heterocycles. The molecule has 1 heterocycles.